The van der Waals surface area contributed by atoms with Gasteiger partial charge in [-0.3, -0.25) is 14.2 Å². The maximum absolute atomic E-state index is 12.9. The van der Waals surface area contributed by atoms with Crippen LogP contribution < -0.4 is 10.5 Å². The highest BCUT2D eigenvalue weighted by Gasteiger charge is 2.28. The number of nitrogens with zero attached hydrogens (tertiary/aromatic N) is 3. The molecule has 0 atom stereocenters. The van der Waals surface area contributed by atoms with Crippen LogP contribution in [0.3, 0.4) is 0 Å². The zero-order valence-corrected chi connectivity index (χ0v) is 14.6. The minimum absolute atomic E-state index is 0.183. The second-order valence-corrected chi connectivity index (χ2v) is 6.63. The minimum atomic E-state index is -0.251. The predicted molar refractivity (Wildman–Crippen MR) is 93.4 cm³/mol. The molecule has 2 aromatic heterocycles. The summed E-state index contributed by atoms with van der Waals surface area (Å²) in [5.41, 5.74) is 0.623. The number of nitrogens with one attached hydrogen (secondary N) is 1. The van der Waals surface area contributed by atoms with E-state index in [9.17, 15) is 9.59 Å². The van der Waals surface area contributed by atoms with Gasteiger partial charge >= 0.3 is 0 Å². The van der Waals surface area contributed by atoms with Crippen LogP contribution in [-0.4, -0.2) is 53.6 Å². The van der Waals surface area contributed by atoms with E-state index in [0.29, 0.717) is 12.2 Å². The van der Waals surface area contributed by atoms with Crippen molar-refractivity contribution in [2.24, 2.45) is 0 Å². The Morgan fingerprint density at radius 2 is 2.12 bits per heavy atom. The highest BCUT2D eigenvalue weighted by atomic mass is 16.2. The third-order valence-electron chi connectivity index (χ3n) is 5.07. The molecule has 6 heteroatoms. The third kappa shape index (κ3) is 2.94. The molecule has 3 rings (SSSR count). The largest absolute Gasteiger partial charge is 0.338 e. The number of fused-ring (bicyclic) bond motifs is 1. The lowest BCUT2D eigenvalue weighted by Crippen LogP contribution is -3.10. The molecule has 0 aliphatic carbocycles. The van der Waals surface area contributed by atoms with Gasteiger partial charge in [0.2, 0.25) is 0 Å². The number of aromatic nitrogens is 2. The second kappa shape index (κ2) is 6.73. The molecule has 1 N–H and O–H groups in total. The summed E-state index contributed by atoms with van der Waals surface area (Å²) in [6.45, 7) is 4.51. The predicted octanol–water partition coefficient (Wildman–Crippen LogP) is 0.166. The van der Waals surface area contributed by atoms with Gasteiger partial charge in [0.05, 0.1) is 20.1 Å². The fraction of sp³-hybridized carbons (Fsp3) is 0.500. The normalized spacial score (nSPS) is 21.0. The number of carbonyl (C=O) groups excluding carboxylic acids is 1. The Labute approximate surface area is 141 Å². The Morgan fingerprint density at radius 1 is 1.42 bits per heavy atom. The SMILES string of the molecule is CCn1c(=O)c(C(=O)N(C)C2CC[NH+](C)CC2)cc2cccnc21. The lowest BCUT2D eigenvalue weighted by molar-refractivity contribution is -0.885. The van der Waals surface area contributed by atoms with Crippen LogP contribution in [0.25, 0.3) is 11.0 Å². The van der Waals surface area contributed by atoms with Crippen LogP contribution in [0.1, 0.15) is 30.1 Å². The summed E-state index contributed by atoms with van der Waals surface area (Å²) in [6, 6.07) is 5.62. The fourth-order valence-corrected chi connectivity index (χ4v) is 3.49. The molecule has 3 heterocycles. The molecule has 0 saturated carbocycles. The van der Waals surface area contributed by atoms with Gasteiger partial charge in [-0.25, -0.2) is 4.98 Å². The van der Waals surface area contributed by atoms with Crippen molar-refractivity contribution in [3.63, 3.8) is 0 Å². The van der Waals surface area contributed by atoms with E-state index in [1.54, 1.807) is 21.7 Å². The van der Waals surface area contributed by atoms with Gasteiger partial charge in [0.15, 0.2) is 0 Å². The standard InChI is InChI=1S/C18H24N4O2/c1-4-22-16-13(6-5-9-19-16)12-15(18(22)24)17(23)21(3)14-7-10-20(2)11-8-14/h5-6,9,12,14H,4,7-8,10-11H2,1-3H3/p+1. The number of piperidine rings is 1. The number of hydrogen-bond acceptors (Lipinski definition) is 3. The van der Waals surface area contributed by atoms with E-state index in [2.05, 4.69) is 12.0 Å². The van der Waals surface area contributed by atoms with E-state index in [-0.39, 0.29) is 23.1 Å². The molecule has 0 unspecified atom stereocenters. The number of hydrogen-bond donors (Lipinski definition) is 1. The van der Waals surface area contributed by atoms with Crippen molar-refractivity contribution in [3.8, 4) is 0 Å². The maximum atomic E-state index is 12.9. The van der Waals surface area contributed by atoms with E-state index in [4.69, 9.17) is 0 Å². The average molecular weight is 329 g/mol. The molecule has 1 amide bonds. The van der Waals surface area contributed by atoms with Crippen molar-refractivity contribution in [2.45, 2.75) is 32.4 Å². The molecule has 0 aromatic carbocycles. The molecular formula is C18H25N4O2+. The van der Waals surface area contributed by atoms with E-state index in [1.165, 1.54) is 4.90 Å². The molecule has 1 fully saturated rings. The smallest absolute Gasteiger partial charge is 0.265 e. The van der Waals surface area contributed by atoms with Crippen molar-refractivity contribution in [3.05, 3.63) is 40.3 Å². The van der Waals surface area contributed by atoms with Gasteiger partial charge in [-0.2, -0.15) is 0 Å². The topological polar surface area (TPSA) is 59.6 Å². The van der Waals surface area contributed by atoms with Gasteiger partial charge in [-0.05, 0) is 25.1 Å². The summed E-state index contributed by atoms with van der Waals surface area (Å²) in [7, 11) is 3.99. The van der Waals surface area contributed by atoms with Gasteiger partial charge in [0.1, 0.15) is 11.2 Å². The first-order valence-electron chi connectivity index (χ1n) is 8.60. The number of rotatable bonds is 3. The van der Waals surface area contributed by atoms with Gasteiger partial charge in [0.25, 0.3) is 11.5 Å². The first kappa shape index (κ1) is 16.6. The van der Waals surface area contributed by atoms with Crippen molar-refractivity contribution in [2.75, 3.05) is 27.2 Å². The van der Waals surface area contributed by atoms with E-state index in [0.717, 1.165) is 31.3 Å². The first-order chi connectivity index (χ1) is 11.5. The number of pyridine rings is 2. The Bertz CT molecular complexity index is 806. The summed E-state index contributed by atoms with van der Waals surface area (Å²) in [4.78, 5) is 33.3. The highest BCUT2D eigenvalue weighted by Crippen LogP contribution is 2.15. The molecule has 1 saturated heterocycles. The van der Waals surface area contributed by atoms with E-state index >= 15 is 0 Å². The molecule has 2 aromatic rings. The quantitative estimate of drug-likeness (QED) is 0.873. The Hall–Kier alpha value is -2.21. The van der Waals surface area contributed by atoms with Crippen LogP contribution in [0, 0.1) is 0 Å². The number of aryl methyl sites for hydroxylation is 1. The minimum Gasteiger partial charge on any atom is -0.338 e. The van der Waals surface area contributed by atoms with Gasteiger partial charge < -0.3 is 9.80 Å². The highest BCUT2D eigenvalue weighted by molar-refractivity contribution is 5.97. The monoisotopic (exact) mass is 329 g/mol. The van der Waals surface area contributed by atoms with E-state index in [1.807, 2.05) is 26.1 Å². The Morgan fingerprint density at radius 3 is 2.79 bits per heavy atom. The molecule has 24 heavy (non-hydrogen) atoms. The molecule has 0 radical (unpaired) electrons. The summed E-state index contributed by atoms with van der Waals surface area (Å²) >= 11 is 0. The molecule has 1 aliphatic heterocycles. The number of likely N-dealkylation sites (tertiary alicyclic amines) is 1. The zero-order valence-electron chi connectivity index (χ0n) is 14.6. The third-order valence-corrected chi connectivity index (χ3v) is 5.07. The van der Waals surface area contributed by atoms with Gasteiger partial charge in [-0.1, -0.05) is 0 Å². The molecule has 1 aliphatic rings. The molecule has 6 nitrogen and oxygen atoms in total. The van der Waals surface area contributed by atoms with Gasteiger partial charge in [-0.15, -0.1) is 0 Å². The van der Waals surface area contributed by atoms with Crippen LogP contribution in [0.2, 0.25) is 0 Å². The van der Waals surface area contributed by atoms with Crippen molar-refractivity contribution >= 4 is 16.9 Å². The van der Waals surface area contributed by atoms with Crippen molar-refractivity contribution < 1.29 is 9.69 Å². The molecule has 128 valence electrons. The van der Waals surface area contributed by atoms with Crippen molar-refractivity contribution in [1.82, 2.24) is 14.5 Å². The van der Waals surface area contributed by atoms with Crippen LogP contribution in [0.15, 0.2) is 29.2 Å². The van der Waals surface area contributed by atoms with Crippen molar-refractivity contribution in [1.29, 1.82) is 0 Å². The van der Waals surface area contributed by atoms with Gasteiger partial charge in [0, 0.05) is 44.1 Å². The average Bonchev–Trinajstić information content (AvgIpc) is 2.60. The molecule has 0 bridgehead atoms. The van der Waals surface area contributed by atoms with Crippen LogP contribution in [-0.2, 0) is 6.54 Å². The lowest BCUT2D eigenvalue weighted by Gasteiger charge is -2.33. The maximum Gasteiger partial charge on any atom is 0.265 e. The number of amides is 1. The van der Waals surface area contributed by atoms with Crippen LogP contribution in [0.5, 0.6) is 0 Å². The number of quaternary nitrogens is 1. The molecular weight excluding hydrogens is 304 g/mol. The Kier molecular flexibility index (Phi) is 4.66. The molecule has 0 spiro atoms. The summed E-state index contributed by atoms with van der Waals surface area (Å²) < 4.78 is 1.58. The van der Waals surface area contributed by atoms with Crippen LogP contribution >= 0.6 is 0 Å². The zero-order chi connectivity index (χ0) is 17.3. The summed E-state index contributed by atoms with van der Waals surface area (Å²) in [5.74, 6) is -0.183. The second-order valence-electron chi connectivity index (χ2n) is 6.63. The summed E-state index contributed by atoms with van der Waals surface area (Å²) in [5, 5.41) is 0.823. The lowest BCUT2D eigenvalue weighted by atomic mass is 10.0. The fourth-order valence-electron chi connectivity index (χ4n) is 3.49. The van der Waals surface area contributed by atoms with Crippen LogP contribution in [0.4, 0.5) is 0 Å². The number of carbonyl (C=O) groups is 1. The first-order valence-corrected chi connectivity index (χ1v) is 8.60. The Balaban J connectivity index is 1.98. The summed E-state index contributed by atoms with van der Waals surface area (Å²) in [6.07, 6.45) is 3.62. The van der Waals surface area contributed by atoms with E-state index < -0.39 is 0 Å².